The number of amides is 1. The van der Waals surface area contributed by atoms with E-state index in [-0.39, 0.29) is 5.91 Å². The van der Waals surface area contributed by atoms with Crippen molar-refractivity contribution in [2.24, 2.45) is 0 Å². The Labute approximate surface area is 118 Å². The van der Waals surface area contributed by atoms with E-state index in [1.165, 1.54) is 0 Å². The topological polar surface area (TPSA) is 64.3 Å². The number of methoxy groups -OCH3 is 1. The largest absolute Gasteiger partial charge is 0.497 e. The molecule has 4 heteroatoms. The number of benzene rings is 2. The molecule has 104 valence electrons. The summed E-state index contributed by atoms with van der Waals surface area (Å²) in [7, 11) is 1.57. The highest BCUT2D eigenvalue weighted by atomic mass is 16.5. The zero-order valence-electron chi connectivity index (χ0n) is 11.6. The van der Waals surface area contributed by atoms with Crippen LogP contribution in [0.25, 0.3) is 0 Å². The maximum absolute atomic E-state index is 12.0. The van der Waals surface area contributed by atoms with Crippen LogP contribution in [0.5, 0.6) is 5.75 Å². The first-order valence-corrected chi connectivity index (χ1v) is 6.38. The molecule has 0 heterocycles. The highest BCUT2D eigenvalue weighted by molar-refractivity contribution is 5.95. The van der Waals surface area contributed by atoms with Crippen LogP contribution >= 0.6 is 0 Å². The molecule has 2 rings (SSSR count). The molecule has 2 aromatic rings. The Hall–Kier alpha value is -2.49. The average Bonchev–Trinajstić information content (AvgIpc) is 2.43. The van der Waals surface area contributed by atoms with E-state index in [0.29, 0.717) is 23.5 Å². The third-order valence-corrected chi connectivity index (χ3v) is 3.15. The SMILES string of the molecule is COc1ccc(NC(=O)Cc2ccccc2C)c(N)c1. The highest BCUT2D eigenvalue weighted by Gasteiger charge is 2.08. The van der Waals surface area contributed by atoms with E-state index in [1.807, 2.05) is 31.2 Å². The zero-order valence-corrected chi connectivity index (χ0v) is 11.6. The van der Waals surface area contributed by atoms with Crippen molar-refractivity contribution in [3.05, 3.63) is 53.6 Å². The van der Waals surface area contributed by atoms with E-state index in [1.54, 1.807) is 25.3 Å². The first kappa shape index (κ1) is 13.9. The average molecular weight is 270 g/mol. The molecule has 20 heavy (non-hydrogen) atoms. The van der Waals surface area contributed by atoms with Gasteiger partial charge in [0.15, 0.2) is 0 Å². The maximum Gasteiger partial charge on any atom is 0.228 e. The summed E-state index contributed by atoms with van der Waals surface area (Å²) < 4.78 is 5.07. The fourth-order valence-corrected chi connectivity index (χ4v) is 1.96. The second kappa shape index (κ2) is 6.10. The predicted octanol–water partition coefficient (Wildman–Crippen LogP) is 2.77. The van der Waals surface area contributed by atoms with Crippen LogP contribution in [0.1, 0.15) is 11.1 Å². The molecule has 0 bridgehead atoms. The van der Waals surface area contributed by atoms with Gasteiger partial charge in [0.05, 0.1) is 24.9 Å². The van der Waals surface area contributed by atoms with Crippen molar-refractivity contribution in [2.75, 3.05) is 18.2 Å². The first-order chi connectivity index (χ1) is 9.60. The van der Waals surface area contributed by atoms with Crippen molar-refractivity contribution >= 4 is 17.3 Å². The van der Waals surface area contributed by atoms with E-state index in [9.17, 15) is 4.79 Å². The van der Waals surface area contributed by atoms with Crippen LogP contribution in [0, 0.1) is 6.92 Å². The molecule has 0 aliphatic rings. The fraction of sp³-hybridized carbons (Fsp3) is 0.188. The molecule has 0 saturated carbocycles. The number of ether oxygens (including phenoxy) is 1. The number of hydrogen-bond donors (Lipinski definition) is 2. The Balaban J connectivity index is 2.07. The van der Waals surface area contributed by atoms with Crippen molar-refractivity contribution in [3.63, 3.8) is 0 Å². The second-order valence-corrected chi connectivity index (χ2v) is 4.60. The molecule has 4 nitrogen and oxygen atoms in total. The molecule has 0 unspecified atom stereocenters. The Bertz CT molecular complexity index is 624. The van der Waals surface area contributed by atoms with Crippen LogP contribution in [0.15, 0.2) is 42.5 Å². The highest BCUT2D eigenvalue weighted by Crippen LogP contribution is 2.24. The van der Waals surface area contributed by atoms with Crippen molar-refractivity contribution in [2.45, 2.75) is 13.3 Å². The van der Waals surface area contributed by atoms with Gasteiger partial charge < -0.3 is 15.8 Å². The van der Waals surface area contributed by atoms with Gasteiger partial charge in [0, 0.05) is 6.07 Å². The van der Waals surface area contributed by atoms with Gasteiger partial charge in [0.25, 0.3) is 0 Å². The monoisotopic (exact) mass is 270 g/mol. The van der Waals surface area contributed by atoms with Crippen molar-refractivity contribution in [1.82, 2.24) is 0 Å². The lowest BCUT2D eigenvalue weighted by Crippen LogP contribution is -2.16. The zero-order chi connectivity index (χ0) is 14.5. The summed E-state index contributed by atoms with van der Waals surface area (Å²) in [4.78, 5) is 12.0. The Kier molecular flexibility index (Phi) is 4.25. The lowest BCUT2D eigenvalue weighted by Gasteiger charge is -2.10. The molecule has 0 spiro atoms. The van der Waals surface area contributed by atoms with Crippen molar-refractivity contribution in [1.29, 1.82) is 0 Å². The standard InChI is InChI=1S/C16H18N2O2/c1-11-5-3-4-6-12(11)9-16(19)18-15-8-7-13(20-2)10-14(15)17/h3-8,10H,9,17H2,1-2H3,(H,18,19). The molecule has 0 aromatic heterocycles. The van der Waals surface area contributed by atoms with Crippen molar-refractivity contribution < 1.29 is 9.53 Å². The van der Waals surface area contributed by atoms with Crippen LogP contribution < -0.4 is 15.8 Å². The molecule has 0 fully saturated rings. The van der Waals surface area contributed by atoms with Gasteiger partial charge in [0.1, 0.15) is 5.75 Å². The Morgan fingerprint density at radius 3 is 2.65 bits per heavy atom. The smallest absolute Gasteiger partial charge is 0.228 e. The summed E-state index contributed by atoms with van der Waals surface area (Å²) in [5, 5.41) is 2.82. The third-order valence-electron chi connectivity index (χ3n) is 3.15. The van der Waals surface area contributed by atoms with Crippen molar-refractivity contribution in [3.8, 4) is 5.75 Å². The molecule has 1 amide bonds. The fourth-order valence-electron chi connectivity index (χ4n) is 1.96. The lowest BCUT2D eigenvalue weighted by molar-refractivity contribution is -0.115. The van der Waals surface area contributed by atoms with Gasteiger partial charge in [-0.3, -0.25) is 4.79 Å². The Morgan fingerprint density at radius 2 is 2.00 bits per heavy atom. The molecule has 2 aromatic carbocycles. The van der Waals surface area contributed by atoms with Gasteiger partial charge in [-0.15, -0.1) is 0 Å². The summed E-state index contributed by atoms with van der Waals surface area (Å²) in [6.07, 6.45) is 0.331. The molecule has 0 atom stereocenters. The molecular weight excluding hydrogens is 252 g/mol. The van der Waals surface area contributed by atoms with Crippen LogP contribution in [0.4, 0.5) is 11.4 Å². The van der Waals surface area contributed by atoms with Crippen LogP contribution in [-0.4, -0.2) is 13.0 Å². The van der Waals surface area contributed by atoms with E-state index < -0.39 is 0 Å². The van der Waals surface area contributed by atoms with Gasteiger partial charge in [-0.1, -0.05) is 24.3 Å². The third kappa shape index (κ3) is 3.29. The lowest BCUT2D eigenvalue weighted by atomic mass is 10.1. The van der Waals surface area contributed by atoms with Crippen LogP contribution in [-0.2, 0) is 11.2 Å². The summed E-state index contributed by atoms with van der Waals surface area (Å²) in [5.41, 5.74) is 9.08. The molecule has 0 aliphatic heterocycles. The summed E-state index contributed by atoms with van der Waals surface area (Å²) >= 11 is 0. The molecular formula is C16H18N2O2. The number of hydrogen-bond acceptors (Lipinski definition) is 3. The minimum Gasteiger partial charge on any atom is -0.497 e. The maximum atomic E-state index is 12.0. The Morgan fingerprint density at radius 1 is 1.25 bits per heavy atom. The van der Waals surface area contributed by atoms with Gasteiger partial charge >= 0.3 is 0 Å². The molecule has 0 aliphatic carbocycles. The molecule has 0 saturated heterocycles. The van der Waals surface area contributed by atoms with Gasteiger partial charge in [-0.05, 0) is 30.2 Å². The minimum absolute atomic E-state index is 0.0869. The van der Waals surface area contributed by atoms with Gasteiger partial charge in [-0.25, -0.2) is 0 Å². The number of anilines is 2. The summed E-state index contributed by atoms with van der Waals surface area (Å²) in [5.74, 6) is 0.579. The summed E-state index contributed by atoms with van der Waals surface area (Å²) in [6, 6.07) is 13.0. The van der Waals surface area contributed by atoms with Gasteiger partial charge in [-0.2, -0.15) is 0 Å². The normalized spacial score (nSPS) is 10.1. The first-order valence-electron chi connectivity index (χ1n) is 6.38. The van der Waals surface area contributed by atoms with E-state index in [2.05, 4.69) is 5.32 Å². The van der Waals surface area contributed by atoms with E-state index >= 15 is 0 Å². The quantitative estimate of drug-likeness (QED) is 0.840. The number of rotatable bonds is 4. The second-order valence-electron chi connectivity index (χ2n) is 4.60. The number of carbonyl (C=O) groups is 1. The number of nitrogens with two attached hydrogens (primary N) is 1. The number of nitrogen functional groups attached to an aromatic ring is 1. The van der Waals surface area contributed by atoms with Gasteiger partial charge in [0.2, 0.25) is 5.91 Å². The minimum atomic E-state index is -0.0869. The van der Waals surface area contributed by atoms with Crippen LogP contribution in [0.2, 0.25) is 0 Å². The number of nitrogens with one attached hydrogen (secondary N) is 1. The van der Waals surface area contributed by atoms with Crippen LogP contribution in [0.3, 0.4) is 0 Å². The summed E-state index contributed by atoms with van der Waals surface area (Å²) in [6.45, 7) is 1.99. The molecule has 3 N–H and O–H groups in total. The predicted molar refractivity (Wildman–Crippen MR) is 80.9 cm³/mol. The number of carbonyl (C=O) groups excluding carboxylic acids is 1. The number of aryl methyl sites for hydroxylation is 1. The van der Waals surface area contributed by atoms with E-state index in [4.69, 9.17) is 10.5 Å². The van der Waals surface area contributed by atoms with E-state index in [0.717, 1.165) is 11.1 Å². The molecule has 0 radical (unpaired) electrons.